The summed E-state index contributed by atoms with van der Waals surface area (Å²) in [5, 5.41) is 0. The summed E-state index contributed by atoms with van der Waals surface area (Å²) >= 11 is 0. The molecule has 5 nitrogen and oxygen atoms in total. The van der Waals surface area contributed by atoms with Crippen LogP contribution in [0.15, 0.2) is 24.4 Å². The molecular weight excluding hydrogens is 348 g/mol. The molecule has 0 unspecified atom stereocenters. The van der Waals surface area contributed by atoms with E-state index in [2.05, 4.69) is 26.3 Å². The van der Waals surface area contributed by atoms with Gasteiger partial charge in [0.1, 0.15) is 0 Å². The molecular formula is C23H30N4O. The summed E-state index contributed by atoms with van der Waals surface area (Å²) in [4.78, 5) is 22.9. The first kappa shape index (κ1) is 17.9. The van der Waals surface area contributed by atoms with Crippen LogP contribution in [0.25, 0.3) is 11.3 Å². The van der Waals surface area contributed by atoms with Crippen LogP contribution in [0.3, 0.4) is 0 Å². The Morgan fingerprint density at radius 1 is 1.11 bits per heavy atom. The van der Waals surface area contributed by atoms with Crippen molar-refractivity contribution < 1.29 is 4.79 Å². The van der Waals surface area contributed by atoms with Crippen molar-refractivity contribution in [2.24, 2.45) is 5.92 Å². The number of likely N-dealkylation sites (tertiary alicyclic amines) is 1. The molecule has 4 heterocycles. The summed E-state index contributed by atoms with van der Waals surface area (Å²) in [6, 6.07) is 6.01. The molecule has 3 aliphatic rings. The van der Waals surface area contributed by atoms with E-state index in [4.69, 9.17) is 0 Å². The second-order valence-corrected chi connectivity index (χ2v) is 8.68. The van der Waals surface area contributed by atoms with Gasteiger partial charge in [-0.05, 0) is 57.1 Å². The van der Waals surface area contributed by atoms with Crippen LogP contribution in [0, 0.1) is 12.8 Å². The average Bonchev–Trinajstić information content (AvgIpc) is 3.51. The Balaban J connectivity index is 1.58. The molecule has 1 saturated carbocycles. The van der Waals surface area contributed by atoms with Gasteiger partial charge in [-0.2, -0.15) is 0 Å². The van der Waals surface area contributed by atoms with Gasteiger partial charge in [-0.15, -0.1) is 0 Å². The summed E-state index contributed by atoms with van der Waals surface area (Å²) in [6.45, 7) is 8.06. The van der Waals surface area contributed by atoms with Gasteiger partial charge in [0.15, 0.2) is 0 Å². The third kappa shape index (κ3) is 3.26. The van der Waals surface area contributed by atoms with Crippen molar-refractivity contribution in [3.63, 3.8) is 0 Å². The van der Waals surface area contributed by atoms with Gasteiger partial charge < -0.3 is 9.47 Å². The van der Waals surface area contributed by atoms with Gasteiger partial charge in [0.2, 0.25) is 0 Å². The van der Waals surface area contributed by atoms with E-state index in [1.807, 2.05) is 24.4 Å². The molecule has 2 aromatic heterocycles. The van der Waals surface area contributed by atoms with E-state index in [-0.39, 0.29) is 5.91 Å². The molecule has 0 radical (unpaired) electrons. The summed E-state index contributed by atoms with van der Waals surface area (Å²) in [5.74, 6) is 1.09. The van der Waals surface area contributed by atoms with Crippen LogP contribution in [0.2, 0.25) is 0 Å². The van der Waals surface area contributed by atoms with E-state index < -0.39 is 0 Å². The van der Waals surface area contributed by atoms with Gasteiger partial charge >= 0.3 is 0 Å². The molecule has 5 heteroatoms. The fraction of sp³-hybridized carbons (Fsp3) is 0.565. The van der Waals surface area contributed by atoms with E-state index in [0.717, 1.165) is 68.3 Å². The van der Waals surface area contributed by atoms with Crippen LogP contribution in [0.1, 0.15) is 53.8 Å². The van der Waals surface area contributed by atoms with Crippen molar-refractivity contribution in [1.29, 1.82) is 0 Å². The highest BCUT2D eigenvalue weighted by atomic mass is 16.2. The monoisotopic (exact) mass is 378 g/mol. The number of hydrogen-bond donors (Lipinski definition) is 0. The van der Waals surface area contributed by atoms with Crippen molar-refractivity contribution >= 4 is 5.91 Å². The molecule has 0 N–H and O–H groups in total. The molecule has 148 valence electrons. The lowest BCUT2D eigenvalue weighted by Gasteiger charge is -2.31. The van der Waals surface area contributed by atoms with Crippen molar-refractivity contribution in [1.82, 2.24) is 19.4 Å². The number of piperidine rings is 1. The molecule has 5 rings (SSSR count). The number of hydrogen-bond acceptors (Lipinski definition) is 3. The second-order valence-electron chi connectivity index (χ2n) is 8.68. The van der Waals surface area contributed by atoms with Gasteiger partial charge in [0, 0.05) is 62.4 Å². The van der Waals surface area contributed by atoms with Gasteiger partial charge in [-0.3, -0.25) is 14.7 Å². The first-order valence-electron chi connectivity index (χ1n) is 10.9. The Bertz CT molecular complexity index is 862. The quantitative estimate of drug-likeness (QED) is 0.814. The number of fused-ring (bicyclic) bond motifs is 1. The number of carbonyl (C=O) groups is 1. The standard InChI is InChI=1S/C23H30N4O/c1-17-21(19-7-3-4-10-24-19)22(23(28)26-11-5-2-6-12-26)20-16-25(13-14-27(17)20)15-18-8-9-18/h3-4,7,10,18H,2,5-6,8-9,11-16H2,1H3. The fourth-order valence-corrected chi connectivity index (χ4v) is 4.93. The molecule has 2 fully saturated rings. The van der Waals surface area contributed by atoms with E-state index in [1.54, 1.807) is 0 Å². The zero-order valence-corrected chi connectivity index (χ0v) is 16.9. The van der Waals surface area contributed by atoms with Crippen LogP contribution >= 0.6 is 0 Å². The SMILES string of the molecule is Cc1c(-c2ccccn2)c(C(=O)N2CCCCC2)c2n1CCN(CC1CC1)C2. The lowest BCUT2D eigenvalue weighted by Crippen LogP contribution is -2.39. The van der Waals surface area contributed by atoms with Crippen molar-refractivity contribution in [2.45, 2.75) is 52.1 Å². The first-order chi connectivity index (χ1) is 13.7. The number of nitrogens with zero attached hydrogens (tertiary/aromatic N) is 4. The molecule has 28 heavy (non-hydrogen) atoms. The minimum atomic E-state index is 0.213. The number of rotatable bonds is 4. The molecule has 2 aliphatic heterocycles. The normalized spacial score (nSPS) is 20.2. The minimum absolute atomic E-state index is 0.213. The Kier molecular flexibility index (Phi) is 4.71. The zero-order valence-electron chi connectivity index (χ0n) is 16.9. The van der Waals surface area contributed by atoms with E-state index >= 15 is 0 Å². The molecule has 0 bridgehead atoms. The third-order valence-electron chi connectivity index (χ3n) is 6.64. The van der Waals surface area contributed by atoms with Gasteiger partial charge in [-0.1, -0.05) is 6.07 Å². The highest BCUT2D eigenvalue weighted by Crippen LogP contribution is 2.37. The van der Waals surface area contributed by atoms with Gasteiger partial charge in [0.05, 0.1) is 11.3 Å². The molecule has 1 amide bonds. The predicted molar refractivity (Wildman–Crippen MR) is 110 cm³/mol. The zero-order chi connectivity index (χ0) is 19.1. The summed E-state index contributed by atoms with van der Waals surface area (Å²) < 4.78 is 2.39. The topological polar surface area (TPSA) is 41.4 Å². The van der Waals surface area contributed by atoms with Crippen LogP contribution in [-0.2, 0) is 13.1 Å². The first-order valence-corrected chi connectivity index (χ1v) is 10.9. The summed E-state index contributed by atoms with van der Waals surface area (Å²) in [5.41, 5.74) is 5.30. The Hall–Kier alpha value is -2.14. The molecule has 1 saturated heterocycles. The molecule has 1 aliphatic carbocycles. The largest absolute Gasteiger partial charge is 0.345 e. The maximum atomic E-state index is 13.7. The van der Waals surface area contributed by atoms with Crippen molar-refractivity contribution in [3.8, 4) is 11.3 Å². The average molecular weight is 379 g/mol. The van der Waals surface area contributed by atoms with Gasteiger partial charge in [0.25, 0.3) is 5.91 Å². The highest BCUT2D eigenvalue weighted by molar-refractivity contribution is 6.02. The number of pyridine rings is 1. The summed E-state index contributed by atoms with van der Waals surface area (Å²) in [7, 11) is 0. The second kappa shape index (κ2) is 7.36. The van der Waals surface area contributed by atoms with Crippen LogP contribution < -0.4 is 0 Å². The number of amides is 1. The van der Waals surface area contributed by atoms with Crippen LogP contribution in [0.5, 0.6) is 0 Å². The Morgan fingerprint density at radius 2 is 1.93 bits per heavy atom. The maximum absolute atomic E-state index is 13.7. The maximum Gasteiger partial charge on any atom is 0.256 e. The molecule has 2 aromatic rings. The molecule has 0 aromatic carbocycles. The lowest BCUT2D eigenvalue weighted by molar-refractivity contribution is 0.0721. The van der Waals surface area contributed by atoms with E-state index in [1.165, 1.54) is 37.2 Å². The van der Waals surface area contributed by atoms with E-state index in [0.29, 0.717) is 0 Å². The van der Waals surface area contributed by atoms with Gasteiger partial charge in [-0.25, -0.2) is 0 Å². The highest BCUT2D eigenvalue weighted by Gasteiger charge is 2.34. The fourth-order valence-electron chi connectivity index (χ4n) is 4.93. The lowest BCUT2D eigenvalue weighted by atomic mass is 10.0. The van der Waals surface area contributed by atoms with E-state index in [9.17, 15) is 4.79 Å². The van der Waals surface area contributed by atoms with Crippen LogP contribution in [-0.4, -0.2) is 51.4 Å². The minimum Gasteiger partial charge on any atom is -0.345 e. The third-order valence-corrected chi connectivity index (χ3v) is 6.64. The smallest absolute Gasteiger partial charge is 0.256 e. The van der Waals surface area contributed by atoms with Crippen LogP contribution in [0.4, 0.5) is 0 Å². The molecule has 0 atom stereocenters. The number of carbonyl (C=O) groups excluding carboxylic acids is 1. The Morgan fingerprint density at radius 3 is 2.64 bits per heavy atom. The van der Waals surface area contributed by atoms with Crippen molar-refractivity contribution in [3.05, 3.63) is 41.3 Å². The predicted octanol–water partition coefficient (Wildman–Crippen LogP) is 3.71. The Labute approximate surface area is 167 Å². The summed E-state index contributed by atoms with van der Waals surface area (Å²) in [6.07, 6.45) is 8.05. The molecule has 0 spiro atoms. The number of aromatic nitrogens is 2. The van der Waals surface area contributed by atoms with Crippen molar-refractivity contribution in [2.75, 3.05) is 26.2 Å².